The molecule has 0 radical (unpaired) electrons. The molecule has 1 N–H and O–H groups in total. The summed E-state index contributed by atoms with van der Waals surface area (Å²) >= 11 is 0. The molecule has 4 heterocycles. The zero-order valence-electron chi connectivity index (χ0n) is 24.7. The lowest BCUT2D eigenvalue weighted by Crippen LogP contribution is -2.55. The Balaban J connectivity index is 1.28. The van der Waals surface area contributed by atoms with Gasteiger partial charge in [0, 0.05) is 51.5 Å². The van der Waals surface area contributed by atoms with Gasteiger partial charge in [-0.05, 0) is 50.4 Å². The summed E-state index contributed by atoms with van der Waals surface area (Å²) in [5.74, 6) is 2.14. The summed E-state index contributed by atoms with van der Waals surface area (Å²) < 4.78 is 5.75. The van der Waals surface area contributed by atoms with Crippen LogP contribution in [0.1, 0.15) is 44.6 Å². The molecule has 1 saturated carbocycles. The molecule has 1 atom stereocenters. The third-order valence-corrected chi connectivity index (χ3v) is 9.21. The van der Waals surface area contributed by atoms with Crippen molar-refractivity contribution in [2.45, 2.75) is 57.5 Å². The normalized spacial score (nSPS) is 21.8. The molecule has 0 bridgehead atoms. The Kier molecular flexibility index (Phi) is 7.74. The fourth-order valence-corrected chi connectivity index (χ4v) is 6.79. The van der Waals surface area contributed by atoms with E-state index in [-0.39, 0.29) is 17.9 Å². The van der Waals surface area contributed by atoms with Gasteiger partial charge in [-0.15, -0.1) is 0 Å². The van der Waals surface area contributed by atoms with Gasteiger partial charge < -0.3 is 29.7 Å². The van der Waals surface area contributed by atoms with Crippen molar-refractivity contribution in [1.82, 2.24) is 19.8 Å². The number of carbonyl (C=O) groups is 2. The van der Waals surface area contributed by atoms with Gasteiger partial charge in [-0.2, -0.15) is 4.98 Å². The molecule has 1 aromatic heterocycles. The van der Waals surface area contributed by atoms with E-state index in [1.807, 2.05) is 24.1 Å². The SMILES string of the molecule is CC[C@@H]1C(=O)N(C)c2cnc(Nc3cc4c(cc3OC)CCN4C(=O)CN3CCN(C)CC3)nc2N1C1CCCC1. The number of likely N-dealkylation sites (N-methyl/N-ethyl adjacent to an activating group) is 2. The Morgan fingerprint density at radius 3 is 2.54 bits per heavy atom. The largest absolute Gasteiger partial charge is 0.495 e. The number of benzene rings is 1. The maximum absolute atomic E-state index is 13.4. The molecule has 1 aromatic carbocycles. The minimum atomic E-state index is -0.229. The van der Waals surface area contributed by atoms with Gasteiger partial charge in [-0.25, -0.2) is 4.98 Å². The topological polar surface area (TPSA) is 97.4 Å². The van der Waals surface area contributed by atoms with Crippen molar-refractivity contribution < 1.29 is 14.3 Å². The number of fused-ring (bicyclic) bond motifs is 2. The Morgan fingerprint density at radius 2 is 1.83 bits per heavy atom. The first-order valence-electron chi connectivity index (χ1n) is 15.0. The van der Waals surface area contributed by atoms with Crippen LogP contribution in [0.2, 0.25) is 0 Å². The maximum atomic E-state index is 13.4. The van der Waals surface area contributed by atoms with Gasteiger partial charge in [0.25, 0.3) is 0 Å². The summed E-state index contributed by atoms with van der Waals surface area (Å²) in [6, 6.07) is 4.08. The molecule has 2 fully saturated rings. The lowest BCUT2D eigenvalue weighted by atomic mass is 10.0. The Morgan fingerprint density at radius 1 is 1.07 bits per heavy atom. The quantitative estimate of drug-likeness (QED) is 0.546. The first kappa shape index (κ1) is 27.7. The number of hydrogen-bond acceptors (Lipinski definition) is 9. The summed E-state index contributed by atoms with van der Waals surface area (Å²) in [4.78, 5) is 46.6. The van der Waals surface area contributed by atoms with E-state index in [2.05, 4.69) is 39.0 Å². The number of rotatable bonds is 7. The lowest BCUT2D eigenvalue weighted by Gasteiger charge is -2.43. The number of methoxy groups -OCH3 is 1. The number of piperazine rings is 1. The fourth-order valence-electron chi connectivity index (χ4n) is 6.79. The molecule has 6 rings (SSSR count). The van der Waals surface area contributed by atoms with E-state index < -0.39 is 0 Å². The van der Waals surface area contributed by atoms with Crippen molar-refractivity contribution in [1.29, 1.82) is 0 Å². The highest BCUT2D eigenvalue weighted by Gasteiger charge is 2.41. The molecule has 4 aliphatic rings. The second-order valence-corrected chi connectivity index (χ2v) is 11.8. The predicted molar refractivity (Wildman–Crippen MR) is 161 cm³/mol. The molecule has 11 nitrogen and oxygen atoms in total. The van der Waals surface area contributed by atoms with Crippen LogP contribution in [0, 0.1) is 0 Å². The molecule has 1 saturated heterocycles. The van der Waals surface area contributed by atoms with E-state index in [9.17, 15) is 9.59 Å². The van der Waals surface area contributed by atoms with Gasteiger partial charge in [0.15, 0.2) is 5.82 Å². The zero-order chi connectivity index (χ0) is 28.7. The average Bonchev–Trinajstić information content (AvgIpc) is 3.66. The smallest absolute Gasteiger partial charge is 0.249 e. The van der Waals surface area contributed by atoms with Crippen molar-refractivity contribution in [2.75, 3.05) is 80.5 Å². The van der Waals surface area contributed by atoms with Crippen molar-refractivity contribution in [3.63, 3.8) is 0 Å². The van der Waals surface area contributed by atoms with Crippen LogP contribution in [0.25, 0.3) is 0 Å². The number of amides is 2. The minimum absolute atomic E-state index is 0.0952. The number of aromatic nitrogens is 2. The van der Waals surface area contributed by atoms with Gasteiger partial charge in [-0.3, -0.25) is 14.5 Å². The van der Waals surface area contributed by atoms with Crippen molar-refractivity contribution in [3.05, 3.63) is 23.9 Å². The van der Waals surface area contributed by atoms with E-state index in [4.69, 9.17) is 9.72 Å². The third kappa shape index (κ3) is 5.21. The monoisotopic (exact) mass is 562 g/mol. The number of nitrogens with zero attached hydrogens (tertiary/aromatic N) is 7. The summed E-state index contributed by atoms with van der Waals surface area (Å²) in [7, 11) is 5.58. The molecule has 220 valence electrons. The second-order valence-electron chi connectivity index (χ2n) is 11.8. The average molecular weight is 563 g/mol. The molecule has 2 amide bonds. The fraction of sp³-hybridized carbons (Fsp3) is 0.600. The van der Waals surface area contributed by atoms with Crippen LogP contribution in [-0.4, -0.2) is 104 Å². The highest BCUT2D eigenvalue weighted by atomic mass is 16.5. The van der Waals surface area contributed by atoms with Gasteiger partial charge in [0.05, 0.1) is 25.5 Å². The number of nitrogens with one attached hydrogen (secondary N) is 1. The summed E-state index contributed by atoms with van der Waals surface area (Å²) in [5.41, 5.74) is 3.46. The highest BCUT2D eigenvalue weighted by molar-refractivity contribution is 6.04. The summed E-state index contributed by atoms with van der Waals surface area (Å²) in [5, 5.41) is 3.39. The summed E-state index contributed by atoms with van der Waals surface area (Å²) in [6.45, 7) is 6.94. The van der Waals surface area contributed by atoms with Crippen LogP contribution in [-0.2, 0) is 16.0 Å². The second kappa shape index (κ2) is 11.4. The zero-order valence-corrected chi connectivity index (χ0v) is 24.7. The Labute approximate surface area is 242 Å². The van der Waals surface area contributed by atoms with E-state index in [0.29, 0.717) is 36.5 Å². The van der Waals surface area contributed by atoms with Gasteiger partial charge in [-0.1, -0.05) is 19.8 Å². The first-order valence-corrected chi connectivity index (χ1v) is 15.0. The van der Waals surface area contributed by atoms with Crippen LogP contribution in [0.3, 0.4) is 0 Å². The minimum Gasteiger partial charge on any atom is -0.495 e. The summed E-state index contributed by atoms with van der Waals surface area (Å²) in [6.07, 6.45) is 7.73. The van der Waals surface area contributed by atoms with E-state index in [1.165, 1.54) is 12.8 Å². The number of hydrogen-bond donors (Lipinski definition) is 1. The molecule has 41 heavy (non-hydrogen) atoms. The predicted octanol–water partition coefficient (Wildman–Crippen LogP) is 2.87. The number of anilines is 5. The van der Waals surface area contributed by atoms with Crippen molar-refractivity contribution in [3.8, 4) is 5.75 Å². The molecule has 11 heteroatoms. The van der Waals surface area contributed by atoms with Gasteiger partial charge in [0.1, 0.15) is 17.5 Å². The van der Waals surface area contributed by atoms with Crippen LogP contribution >= 0.6 is 0 Å². The maximum Gasteiger partial charge on any atom is 0.249 e. The first-order chi connectivity index (χ1) is 19.9. The molecule has 1 aliphatic carbocycles. The van der Waals surface area contributed by atoms with E-state index in [1.54, 1.807) is 18.2 Å². The molecule has 3 aliphatic heterocycles. The van der Waals surface area contributed by atoms with E-state index >= 15 is 0 Å². The van der Waals surface area contributed by atoms with Crippen LogP contribution < -0.4 is 24.8 Å². The molecule has 0 spiro atoms. The Bertz CT molecular complexity index is 1300. The van der Waals surface area contributed by atoms with Crippen LogP contribution in [0.15, 0.2) is 18.3 Å². The number of ether oxygens (including phenoxy) is 1. The van der Waals surface area contributed by atoms with Crippen LogP contribution in [0.4, 0.5) is 28.8 Å². The van der Waals surface area contributed by atoms with Gasteiger partial charge in [0.2, 0.25) is 17.8 Å². The Hall–Kier alpha value is -3.44. The molecule has 0 unspecified atom stereocenters. The molecule has 2 aromatic rings. The standard InChI is InChI=1S/C30H42N8O3/c1-5-23-29(40)35(3)25-18-31-30(33-28(25)38(23)21-8-6-7-9-21)32-22-17-24-20(16-26(22)41-4)10-11-37(24)27(39)19-36-14-12-34(2)13-15-36/h16-18,21,23H,5-15,19H2,1-4H3,(H,31,32,33)/t23-/m1/s1. The number of carbonyl (C=O) groups excluding carboxylic acids is 2. The van der Waals surface area contributed by atoms with Crippen molar-refractivity contribution >= 4 is 40.6 Å². The third-order valence-electron chi connectivity index (χ3n) is 9.21. The van der Waals surface area contributed by atoms with Crippen LogP contribution in [0.5, 0.6) is 5.75 Å². The highest BCUT2D eigenvalue weighted by Crippen LogP contribution is 2.42. The van der Waals surface area contributed by atoms with Gasteiger partial charge >= 0.3 is 0 Å². The van der Waals surface area contributed by atoms with E-state index in [0.717, 1.165) is 74.6 Å². The molecular weight excluding hydrogens is 520 g/mol. The van der Waals surface area contributed by atoms with Crippen molar-refractivity contribution in [2.24, 2.45) is 0 Å². The molecular formula is C30H42N8O3. The lowest BCUT2D eigenvalue weighted by molar-refractivity contribution is -0.120.